The van der Waals surface area contributed by atoms with Gasteiger partial charge in [0.2, 0.25) is 17.7 Å². The second kappa shape index (κ2) is 10.4. The molecule has 4 N–H and O–H groups in total. The van der Waals surface area contributed by atoms with E-state index in [4.69, 9.17) is 40.1 Å². The smallest absolute Gasteiger partial charge is 0.290 e. The van der Waals surface area contributed by atoms with E-state index in [1.54, 1.807) is 20.3 Å². The van der Waals surface area contributed by atoms with Crippen LogP contribution in [0, 0.1) is 6.92 Å². The highest BCUT2D eigenvalue weighted by Crippen LogP contribution is 2.42. The number of hydrogen-bond donors (Lipinski definition) is 2. The fourth-order valence-corrected chi connectivity index (χ4v) is 5.42. The van der Waals surface area contributed by atoms with Gasteiger partial charge in [0.25, 0.3) is 11.9 Å². The van der Waals surface area contributed by atoms with Crippen molar-refractivity contribution in [2.24, 2.45) is 11.5 Å². The lowest BCUT2D eigenvalue weighted by Crippen LogP contribution is -2.40. The van der Waals surface area contributed by atoms with Crippen molar-refractivity contribution >= 4 is 25.1 Å². The zero-order valence-corrected chi connectivity index (χ0v) is 23.3. The summed E-state index contributed by atoms with van der Waals surface area (Å²) in [4.78, 5) is 23.1. The van der Waals surface area contributed by atoms with Gasteiger partial charge < -0.3 is 35.0 Å². The van der Waals surface area contributed by atoms with Crippen molar-refractivity contribution in [3.63, 3.8) is 0 Å². The van der Waals surface area contributed by atoms with Crippen LogP contribution >= 0.6 is 0 Å². The Morgan fingerprint density at radius 2 is 1.70 bits per heavy atom. The Labute approximate surface area is 217 Å². The van der Waals surface area contributed by atoms with Crippen molar-refractivity contribution in [3.8, 4) is 34.6 Å². The largest absolute Gasteiger partial charge is 0.480 e. The molecule has 3 aromatic rings. The molecule has 0 spiro atoms. The molecule has 1 amide bonds. The van der Waals surface area contributed by atoms with Gasteiger partial charge in [-0.05, 0) is 37.5 Å². The van der Waals surface area contributed by atoms with Crippen LogP contribution in [0.2, 0.25) is 19.6 Å². The lowest BCUT2D eigenvalue weighted by molar-refractivity contribution is 0.0969. The summed E-state index contributed by atoms with van der Waals surface area (Å²) in [6, 6.07) is 7.40. The molecule has 1 aliphatic heterocycles. The topological polar surface area (TPSA) is 139 Å². The number of carbonyl (C=O) groups is 1. The van der Waals surface area contributed by atoms with Crippen molar-refractivity contribution in [2.45, 2.75) is 45.4 Å². The first-order chi connectivity index (χ1) is 17.5. The van der Waals surface area contributed by atoms with Gasteiger partial charge in [-0.1, -0.05) is 30.9 Å². The van der Waals surface area contributed by atoms with E-state index in [0.717, 1.165) is 42.2 Å². The molecule has 10 nitrogen and oxygen atoms in total. The number of furan rings is 1. The number of anilines is 1. The number of primary amides is 1. The summed E-state index contributed by atoms with van der Waals surface area (Å²) in [5.74, 6) is 1.49. The van der Waals surface area contributed by atoms with Crippen molar-refractivity contribution < 1.29 is 23.4 Å². The Bertz CT molecular complexity index is 1270. The minimum Gasteiger partial charge on any atom is -0.480 e. The summed E-state index contributed by atoms with van der Waals surface area (Å²) in [5.41, 5.74) is 13.7. The third-order valence-corrected chi connectivity index (χ3v) is 8.59. The minimum absolute atomic E-state index is 0.0280. The van der Waals surface area contributed by atoms with Crippen LogP contribution in [0.3, 0.4) is 0 Å². The normalized spacial score (nSPS) is 14.5. The van der Waals surface area contributed by atoms with E-state index in [2.05, 4.69) is 30.6 Å². The molecule has 1 aromatic carbocycles. The second-order valence-corrected chi connectivity index (χ2v) is 15.3. The highest BCUT2D eigenvalue weighted by Gasteiger charge is 2.28. The molecule has 0 radical (unpaired) electrons. The predicted octanol–water partition coefficient (Wildman–Crippen LogP) is 3.43. The number of hydrogen-bond acceptors (Lipinski definition) is 9. The van der Waals surface area contributed by atoms with Gasteiger partial charge >= 0.3 is 0 Å². The van der Waals surface area contributed by atoms with E-state index in [1.165, 1.54) is 6.07 Å². The number of benzene rings is 1. The average Bonchev–Trinajstić information content (AvgIpc) is 3.33. The van der Waals surface area contributed by atoms with Crippen LogP contribution in [-0.4, -0.2) is 57.3 Å². The number of amides is 1. The fraction of sp³-hybridized carbons (Fsp3) is 0.423. The van der Waals surface area contributed by atoms with Crippen LogP contribution < -0.4 is 35.8 Å². The van der Waals surface area contributed by atoms with Crippen LogP contribution in [0.25, 0.3) is 11.1 Å². The maximum Gasteiger partial charge on any atom is 0.290 e. The maximum atomic E-state index is 11.5. The standard InChI is InChI=1S/C26H35N5O5Si/c1-15-18(13-17(37(4,5)6)14-20(15)36-21-8-7-19(35-21)23(28)32)22-24(33-2)29-26(30-25(22)34-3)31-11-9-16(27)10-12-31/h7-8,13-14,16H,9-12,27H2,1-6H3,(H2,28,32). The molecule has 4 rings (SSSR count). The van der Waals surface area contributed by atoms with Gasteiger partial charge in [-0.3, -0.25) is 4.79 Å². The SMILES string of the molecule is COc1nc(N2CCC(N)CC2)nc(OC)c1-c1cc([Si](C)(C)C)cc(Oc2ccc(C(N)=O)o2)c1C. The summed E-state index contributed by atoms with van der Waals surface area (Å²) in [7, 11) is 1.37. The van der Waals surface area contributed by atoms with Gasteiger partial charge in [0, 0.05) is 30.8 Å². The minimum atomic E-state index is -1.81. The van der Waals surface area contributed by atoms with Gasteiger partial charge in [-0.15, -0.1) is 0 Å². The van der Waals surface area contributed by atoms with Crippen LogP contribution in [0.4, 0.5) is 5.95 Å². The lowest BCUT2D eigenvalue weighted by Gasteiger charge is -2.30. The number of aromatic nitrogens is 2. The number of ether oxygens (including phenoxy) is 3. The van der Waals surface area contributed by atoms with E-state index in [0.29, 0.717) is 29.0 Å². The molecule has 0 saturated carbocycles. The van der Waals surface area contributed by atoms with Crippen LogP contribution in [-0.2, 0) is 0 Å². The van der Waals surface area contributed by atoms with E-state index in [9.17, 15) is 4.79 Å². The van der Waals surface area contributed by atoms with Crippen molar-refractivity contribution in [3.05, 3.63) is 35.6 Å². The zero-order chi connectivity index (χ0) is 26.9. The molecule has 3 heterocycles. The molecule has 198 valence electrons. The Balaban J connectivity index is 1.85. The first kappa shape index (κ1) is 26.5. The molecule has 1 saturated heterocycles. The number of piperidine rings is 1. The molecule has 0 unspecified atom stereocenters. The molecule has 1 fully saturated rings. The molecule has 0 bridgehead atoms. The Kier molecular flexibility index (Phi) is 7.46. The summed E-state index contributed by atoms with van der Waals surface area (Å²) in [6.45, 7) is 10.2. The quantitative estimate of drug-likeness (QED) is 0.423. The summed E-state index contributed by atoms with van der Waals surface area (Å²) in [6.07, 6.45) is 1.75. The average molecular weight is 526 g/mol. The van der Waals surface area contributed by atoms with Gasteiger partial charge in [-0.25, -0.2) is 0 Å². The number of rotatable bonds is 8. The van der Waals surface area contributed by atoms with Gasteiger partial charge in [0.15, 0.2) is 5.76 Å². The third-order valence-electron chi connectivity index (χ3n) is 6.57. The highest BCUT2D eigenvalue weighted by atomic mass is 28.3. The fourth-order valence-electron chi connectivity index (χ4n) is 4.28. The Hall–Kier alpha value is -3.57. The summed E-state index contributed by atoms with van der Waals surface area (Å²) in [5, 5.41) is 1.14. The Morgan fingerprint density at radius 3 is 2.22 bits per heavy atom. The van der Waals surface area contributed by atoms with Crippen molar-refractivity contribution in [1.29, 1.82) is 0 Å². The van der Waals surface area contributed by atoms with E-state index < -0.39 is 14.0 Å². The number of methoxy groups -OCH3 is 2. The molecule has 0 atom stereocenters. The number of nitrogens with zero attached hydrogens (tertiary/aromatic N) is 3. The molecular formula is C26H35N5O5Si. The summed E-state index contributed by atoms with van der Waals surface area (Å²) < 4.78 is 23.2. The molecule has 0 aliphatic carbocycles. The molecular weight excluding hydrogens is 490 g/mol. The lowest BCUT2D eigenvalue weighted by atomic mass is 10.0. The van der Waals surface area contributed by atoms with Crippen LogP contribution in [0.1, 0.15) is 29.0 Å². The van der Waals surface area contributed by atoms with Crippen molar-refractivity contribution in [2.75, 3.05) is 32.2 Å². The molecule has 2 aromatic heterocycles. The monoisotopic (exact) mass is 525 g/mol. The van der Waals surface area contributed by atoms with Gasteiger partial charge in [0.05, 0.1) is 22.3 Å². The summed E-state index contributed by atoms with van der Waals surface area (Å²) >= 11 is 0. The van der Waals surface area contributed by atoms with E-state index in [1.807, 2.05) is 13.0 Å². The van der Waals surface area contributed by atoms with E-state index >= 15 is 0 Å². The highest BCUT2D eigenvalue weighted by molar-refractivity contribution is 6.88. The van der Waals surface area contributed by atoms with Gasteiger partial charge in [-0.2, -0.15) is 9.97 Å². The number of carbonyl (C=O) groups excluding carboxylic acids is 1. The van der Waals surface area contributed by atoms with Crippen LogP contribution in [0.15, 0.2) is 28.7 Å². The molecule has 11 heteroatoms. The van der Waals surface area contributed by atoms with Gasteiger partial charge in [0.1, 0.15) is 11.3 Å². The number of nitrogens with two attached hydrogens (primary N) is 2. The Morgan fingerprint density at radius 1 is 1.08 bits per heavy atom. The maximum absolute atomic E-state index is 11.5. The van der Waals surface area contributed by atoms with Crippen LogP contribution in [0.5, 0.6) is 23.5 Å². The predicted molar refractivity (Wildman–Crippen MR) is 145 cm³/mol. The zero-order valence-electron chi connectivity index (χ0n) is 22.3. The third kappa shape index (κ3) is 5.57. The molecule has 37 heavy (non-hydrogen) atoms. The van der Waals surface area contributed by atoms with E-state index in [-0.39, 0.29) is 17.7 Å². The first-order valence-electron chi connectivity index (χ1n) is 12.2. The second-order valence-electron chi connectivity index (χ2n) is 10.2. The molecule has 1 aliphatic rings. The first-order valence-corrected chi connectivity index (χ1v) is 15.7. The van der Waals surface area contributed by atoms with Crippen molar-refractivity contribution in [1.82, 2.24) is 9.97 Å².